The second kappa shape index (κ2) is 6.69. The zero-order valence-electron chi connectivity index (χ0n) is 16.5. The Kier molecular flexibility index (Phi) is 4.30. The van der Waals surface area contributed by atoms with Gasteiger partial charge in [0.25, 0.3) is 0 Å². The van der Waals surface area contributed by atoms with E-state index in [0.29, 0.717) is 29.5 Å². The van der Waals surface area contributed by atoms with Crippen LogP contribution in [0.2, 0.25) is 0 Å². The zero-order valence-corrected chi connectivity index (χ0v) is 16.5. The van der Waals surface area contributed by atoms with Gasteiger partial charge in [-0.2, -0.15) is 5.10 Å². The molecule has 4 aliphatic rings. The molecule has 2 aliphatic carbocycles. The molecule has 7 nitrogen and oxygen atoms in total. The zero-order chi connectivity index (χ0) is 18.4. The van der Waals surface area contributed by atoms with Gasteiger partial charge in [0.05, 0.1) is 18.0 Å². The average Bonchev–Trinajstić information content (AvgIpc) is 3.25. The molecule has 0 amide bonds. The summed E-state index contributed by atoms with van der Waals surface area (Å²) in [4.78, 5) is 6.99. The first-order valence-corrected chi connectivity index (χ1v) is 10.5. The maximum absolute atomic E-state index is 6.06. The molecule has 2 N–H and O–H groups in total. The van der Waals surface area contributed by atoms with Crippen LogP contribution in [0.1, 0.15) is 38.5 Å². The summed E-state index contributed by atoms with van der Waals surface area (Å²) in [6, 6.07) is 0.946. The van der Waals surface area contributed by atoms with Gasteiger partial charge in [-0.25, -0.2) is 0 Å². The molecule has 0 bridgehead atoms. The number of guanidine groups is 1. The van der Waals surface area contributed by atoms with Gasteiger partial charge < -0.3 is 20.3 Å². The Morgan fingerprint density at radius 2 is 2.19 bits per heavy atom. The Bertz CT molecular complexity index is 711. The van der Waals surface area contributed by atoms with E-state index in [0.717, 1.165) is 25.7 Å². The fourth-order valence-corrected chi connectivity index (χ4v) is 5.87. The van der Waals surface area contributed by atoms with E-state index in [1.165, 1.54) is 44.2 Å². The van der Waals surface area contributed by atoms with Crippen LogP contribution < -0.4 is 15.5 Å². The molecular weight excluding hydrogens is 340 g/mol. The number of hydrogen-bond acceptors (Lipinski definition) is 4. The van der Waals surface area contributed by atoms with Crippen LogP contribution in [-0.4, -0.2) is 60.7 Å². The van der Waals surface area contributed by atoms with Crippen molar-refractivity contribution in [2.75, 3.05) is 31.6 Å². The molecule has 2 aliphatic heterocycles. The van der Waals surface area contributed by atoms with Crippen LogP contribution in [0, 0.1) is 11.3 Å². The minimum atomic E-state index is 0.382. The van der Waals surface area contributed by atoms with Gasteiger partial charge in [0.15, 0.2) is 5.96 Å². The number of aromatic nitrogens is 2. The van der Waals surface area contributed by atoms with Crippen molar-refractivity contribution in [2.45, 2.75) is 56.7 Å². The summed E-state index contributed by atoms with van der Waals surface area (Å²) >= 11 is 0. The largest absolute Gasteiger partial charge is 0.377 e. The van der Waals surface area contributed by atoms with Gasteiger partial charge >= 0.3 is 0 Å². The summed E-state index contributed by atoms with van der Waals surface area (Å²) in [5.74, 6) is 1.64. The van der Waals surface area contributed by atoms with E-state index >= 15 is 0 Å². The molecule has 3 heterocycles. The second-order valence-corrected chi connectivity index (χ2v) is 8.83. The molecule has 5 rings (SSSR count). The lowest BCUT2D eigenvalue weighted by atomic mass is 9.46. The van der Waals surface area contributed by atoms with Crippen LogP contribution in [0.25, 0.3) is 0 Å². The number of nitrogens with one attached hydrogen (secondary N) is 2. The Morgan fingerprint density at radius 1 is 1.30 bits per heavy atom. The summed E-state index contributed by atoms with van der Waals surface area (Å²) in [6.07, 6.45) is 12.1. The molecule has 2 saturated carbocycles. The molecule has 1 aromatic rings. The quantitative estimate of drug-likeness (QED) is 0.622. The molecule has 7 heteroatoms. The molecule has 148 valence electrons. The molecule has 1 spiro atoms. The second-order valence-electron chi connectivity index (χ2n) is 8.83. The fraction of sp³-hybridized carbons (Fsp3) is 0.800. The standard InChI is InChI=1S/C20H32N6O/c1-21-19(24-17-16-6-10-27-18(16)20(17)7-4-8-20)23-14-5-3-9-26(12-14)15-11-22-25(2)13-15/h11,13-14,16-18H,3-10,12H2,1-2H3,(H2,21,23,24). The van der Waals surface area contributed by atoms with Crippen molar-refractivity contribution in [1.82, 2.24) is 20.4 Å². The Labute approximate surface area is 161 Å². The van der Waals surface area contributed by atoms with E-state index in [1.807, 2.05) is 25.0 Å². The summed E-state index contributed by atoms with van der Waals surface area (Å²) in [5.41, 5.74) is 1.60. The number of aliphatic imine (C=N–C) groups is 1. The number of fused-ring (bicyclic) bond motifs is 2. The summed E-state index contributed by atoms with van der Waals surface area (Å²) in [5, 5.41) is 11.8. The Balaban J connectivity index is 1.22. The molecule has 2 saturated heterocycles. The number of nitrogens with zero attached hydrogens (tertiary/aromatic N) is 4. The van der Waals surface area contributed by atoms with Gasteiger partial charge in [0.1, 0.15) is 0 Å². The topological polar surface area (TPSA) is 66.7 Å². The first-order valence-electron chi connectivity index (χ1n) is 10.5. The molecule has 4 fully saturated rings. The van der Waals surface area contributed by atoms with Crippen molar-refractivity contribution >= 4 is 11.6 Å². The molecule has 0 radical (unpaired) electrons. The Hall–Kier alpha value is -1.76. The summed E-state index contributed by atoms with van der Waals surface area (Å²) < 4.78 is 7.93. The molecular formula is C20H32N6O. The third kappa shape index (κ3) is 2.82. The van der Waals surface area contributed by atoms with E-state index in [-0.39, 0.29) is 0 Å². The molecule has 27 heavy (non-hydrogen) atoms. The first-order chi connectivity index (χ1) is 13.2. The monoisotopic (exact) mass is 372 g/mol. The minimum Gasteiger partial charge on any atom is -0.377 e. The van der Waals surface area contributed by atoms with Crippen molar-refractivity contribution in [3.63, 3.8) is 0 Å². The SMILES string of the molecule is CN=C(NC1CCCN(c2cnn(C)c2)C1)NC1C2CCOC2C12CCC2. The number of aryl methyl sites for hydroxylation is 1. The van der Waals surface area contributed by atoms with Crippen molar-refractivity contribution in [2.24, 2.45) is 23.4 Å². The van der Waals surface area contributed by atoms with E-state index in [1.54, 1.807) is 0 Å². The van der Waals surface area contributed by atoms with E-state index in [9.17, 15) is 0 Å². The number of piperidine rings is 1. The molecule has 4 atom stereocenters. The smallest absolute Gasteiger partial charge is 0.191 e. The number of ether oxygens (including phenoxy) is 1. The van der Waals surface area contributed by atoms with Crippen LogP contribution in [-0.2, 0) is 11.8 Å². The fourth-order valence-electron chi connectivity index (χ4n) is 5.87. The van der Waals surface area contributed by atoms with Crippen molar-refractivity contribution < 1.29 is 4.74 Å². The van der Waals surface area contributed by atoms with Gasteiger partial charge in [-0.15, -0.1) is 0 Å². The van der Waals surface area contributed by atoms with Gasteiger partial charge in [-0.05, 0) is 32.1 Å². The van der Waals surface area contributed by atoms with Crippen molar-refractivity contribution in [3.05, 3.63) is 12.4 Å². The van der Waals surface area contributed by atoms with Gasteiger partial charge in [-0.1, -0.05) is 6.42 Å². The highest BCUT2D eigenvalue weighted by Gasteiger charge is 2.66. The normalized spacial score (nSPS) is 34.7. The predicted octanol–water partition coefficient (Wildman–Crippen LogP) is 1.51. The predicted molar refractivity (Wildman–Crippen MR) is 106 cm³/mol. The summed E-state index contributed by atoms with van der Waals surface area (Å²) in [7, 11) is 3.87. The summed E-state index contributed by atoms with van der Waals surface area (Å²) in [6.45, 7) is 3.03. The maximum atomic E-state index is 6.06. The highest BCUT2D eigenvalue weighted by Crippen LogP contribution is 2.62. The number of anilines is 1. The Morgan fingerprint density at radius 3 is 2.89 bits per heavy atom. The van der Waals surface area contributed by atoms with E-state index in [2.05, 4.69) is 31.8 Å². The van der Waals surface area contributed by atoms with E-state index < -0.39 is 0 Å². The first kappa shape index (κ1) is 17.3. The van der Waals surface area contributed by atoms with Crippen LogP contribution >= 0.6 is 0 Å². The van der Waals surface area contributed by atoms with Gasteiger partial charge in [0, 0.05) is 63.4 Å². The van der Waals surface area contributed by atoms with Crippen LogP contribution in [0.4, 0.5) is 5.69 Å². The van der Waals surface area contributed by atoms with Crippen molar-refractivity contribution in [3.8, 4) is 0 Å². The lowest BCUT2D eigenvalue weighted by Gasteiger charge is -2.63. The third-order valence-corrected chi connectivity index (χ3v) is 7.37. The minimum absolute atomic E-state index is 0.382. The number of hydrogen-bond donors (Lipinski definition) is 2. The van der Waals surface area contributed by atoms with E-state index in [4.69, 9.17) is 4.74 Å². The van der Waals surface area contributed by atoms with Gasteiger partial charge in [-0.3, -0.25) is 9.67 Å². The average molecular weight is 373 g/mol. The molecule has 0 aromatic carbocycles. The van der Waals surface area contributed by atoms with Crippen LogP contribution in [0.15, 0.2) is 17.4 Å². The van der Waals surface area contributed by atoms with Gasteiger partial charge in [0.2, 0.25) is 0 Å². The van der Waals surface area contributed by atoms with Crippen LogP contribution in [0.5, 0.6) is 0 Å². The highest BCUT2D eigenvalue weighted by molar-refractivity contribution is 5.80. The highest BCUT2D eigenvalue weighted by atomic mass is 16.5. The number of rotatable bonds is 3. The molecule has 4 unspecified atom stereocenters. The maximum Gasteiger partial charge on any atom is 0.191 e. The van der Waals surface area contributed by atoms with Crippen LogP contribution in [0.3, 0.4) is 0 Å². The lowest BCUT2D eigenvalue weighted by molar-refractivity contribution is -0.171. The van der Waals surface area contributed by atoms with Crippen molar-refractivity contribution in [1.29, 1.82) is 0 Å². The lowest BCUT2D eigenvalue weighted by Crippen LogP contribution is -2.73. The molecule has 1 aromatic heterocycles. The third-order valence-electron chi connectivity index (χ3n) is 7.37.